The molecule has 0 aliphatic rings. The minimum absolute atomic E-state index is 0.0346. The standard InChI is InChI=1S/C12H18FNO2/c1-4-15-8-16-12-6-5-10(13)7-11(12)9(2)14-3/h5-7,9,14H,4,8H2,1-3H3. The van der Waals surface area contributed by atoms with Crippen LogP contribution in [-0.4, -0.2) is 20.4 Å². The van der Waals surface area contributed by atoms with Crippen molar-refractivity contribution < 1.29 is 13.9 Å². The highest BCUT2D eigenvalue weighted by Crippen LogP contribution is 2.25. The van der Waals surface area contributed by atoms with Crippen molar-refractivity contribution in [3.8, 4) is 5.75 Å². The van der Waals surface area contributed by atoms with Gasteiger partial charge in [-0.2, -0.15) is 0 Å². The van der Waals surface area contributed by atoms with Crippen molar-refractivity contribution in [2.24, 2.45) is 0 Å². The van der Waals surface area contributed by atoms with Crippen LogP contribution in [0.2, 0.25) is 0 Å². The van der Waals surface area contributed by atoms with Crippen LogP contribution in [0.25, 0.3) is 0 Å². The lowest BCUT2D eigenvalue weighted by molar-refractivity contribution is 0.0215. The first kappa shape index (κ1) is 12.9. The van der Waals surface area contributed by atoms with E-state index in [4.69, 9.17) is 9.47 Å². The summed E-state index contributed by atoms with van der Waals surface area (Å²) in [5.41, 5.74) is 0.794. The van der Waals surface area contributed by atoms with Crippen LogP contribution < -0.4 is 10.1 Å². The zero-order valence-electron chi connectivity index (χ0n) is 9.92. The highest BCUT2D eigenvalue weighted by molar-refractivity contribution is 5.36. The quantitative estimate of drug-likeness (QED) is 0.598. The van der Waals surface area contributed by atoms with E-state index in [1.807, 2.05) is 20.9 Å². The number of nitrogens with one attached hydrogen (secondary N) is 1. The first-order chi connectivity index (χ1) is 7.69. The average Bonchev–Trinajstić information content (AvgIpc) is 2.30. The first-order valence-corrected chi connectivity index (χ1v) is 5.36. The van der Waals surface area contributed by atoms with Gasteiger partial charge in [-0.25, -0.2) is 4.39 Å². The van der Waals surface area contributed by atoms with Gasteiger partial charge in [-0.3, -0.25) is 0 Å². The molecule has 0 aromatic heterocycles. The molecule has 1 unspecified atom stereocenters. The Morgan fingerprint density at radius 3 is 2.81 bits per heavy atom. The largest absolute Gasteiger partial charge is 0.467 e. The topological polar surface area (TPSA) is 30.5 Å². The van der Waals surface area contributed by atoms with Crippen LogP contribution >= 0.6 is 0 Å². The molecule has 0 aliphatic carbocycles. The molecular weight excluding hydrogens is 209 g/mol. The van der Waals surface area contributed by atoms with E-state index in [9.17, 15) is 4.39 Å². The molecule has 0 radical (unpaired) electrons. The molecule has 0 amide bonds. The van der Waals surface area contributed by atoms with Crippen molar-refractivity contribution in [2.45, 2.75) is 19.9 Å². The average molecular weight is 227 g/mol. The van der Waals surface area contributed by atoms with Gasteiger partial charge in [-0.15, -0.1) is 0 Å². The van der Waals surface area contributed by atoms with Crippen LogP contribution in [0.3, 0.4) is 0 Å². The summed E-state index contributed by atoms with van der Waals surface area (Å²) in [5.74, 6) is 0.387. The summed E-state index contributed by atoms with van der Waals surface area (Å²) < 4.78 is 23.6. The summed E-state index contributed by atoms with van der Waals surface area (Å²) in [5, 5.41) is 3.05. The minimum atomic E-state index is -0.263. The van der Waals surface area contributed by atoms with Gasteiger partial charge in [0.1, 0.15) is 11.6 Å². The Labute approximate surface area is 95.6 Å². The second kappa shape index (κ2) is 6.45. The summed E-state index contributed by atoms with van der Waals surface area (Å²) in [7, 11) is 1.82. The van der Waals surface area contributed by atoms with Crippen molar-refractivity contribution in [2.75, 3.05) is 20.4 Å². The predicted molar refractivity (Wildman–Crippen MR) is 61.0 cm³/mol. The highest BCUT2D eigenvalue weighted by Gasteiger charge is 2.11. The normalized spacial score (nSPS) is 12.5. The molecule has 16 heavy (non-hydrogen) atoms. The predicted octanol–water partition coefficient (Wildman–Crippen LogP) is 2.48. The fraction of sp³-hybridized carbons (Fsp3) is 0.500. The summed E-state index contributed by atoms with van der Waals surface area (Å²) in [4.78, 5) is 0. The molecule has 1 N–H and O–H groups in total. The van der Waals surface area contributed by atoms with Gasteiger partial charge in [-0.05, 0) is 39.1 Å². The van der Waals surface area contributed by atoms with Crippen LogP contribution in [0, 0.1) is 5.82 Å². The molecule has 0 heterocycles. The second-order valence-corrected chi connectivity index (χ2v) is 3.45. The Balaban J connectivity index is 2.80. The third-order valence-electron chi connectivity index (χ3n) is 2.37. The van der Waals surface area contributed by atoms with E-state index >= 15 is 0 Å². The van der Waals surface area contributed by atoms with Crippen molar-refractivity contribution >= 4 is 0 Å². The van der Waals surface area contributed by atoms with E-state index in [1.54, 1.807) is 6.07 Å². The van der Waals surface area contributed by atoms with Crippen molar-refractivity contribution in [1.82, 2.24) is 5.32 Å². The first-order valence-electron chi connectivity index (χ1n) is 5.36. The summed E-state index contributed by atoms with van der Waals surface area (Å²) in [6, 6.07) is 4.51. The smallest absolute Gasteiger partial charge is 0.189 e. The van der Waals surface area contributed by atoms with Crippen LogP contribution in [0.4, 0.5) is 4.39 Å². The zero-order chi connectivity index (χ0) is 12.0. The number of ether oxygens (including phenoxy) is 2. The molecule has 0 bridgehead atoms. The van der Waals surface area contributed by atoms with Crippen LogP contribution in [0.5, 0.6) is 5.75 Å². The Morgan fingerprint density at radius 1 is 1.44 bits per heavy atom. The third kappa shape index (κ3) is 3.47. The van der Waals surface area contributed by atoms with E-state index in [2.05, 4.69) is 5.32 Å². The Kier molecular flexibility index (Phi) is 5.22. The fourth-order valence-corrected chi connectivity index (χ4v) is 1.33. The molecule has 0 spiro atoms. The van der Waals surface area contributed by atoms with Gasteiger partial charge in [0, 0.05) is 18.2 Å². The molecule has 0 saturated carbocycles. The van der Waals surface area contributed by atoms with E-state index < -0.39 is 0 Å². The summed E-state index contributed by atoms with van der Waals surface area (Å²) in [6.45, 7) is 4.62. The van der Waals surface area contributed by atoms with Gasteiger partial charge in [0.25, 0.3) is 0 Å². The lowest BCUT2D eigenvalue weighted by Crippen LogP contribution is -2.14. The molecule has 3 nitrogen and oxygen atoms in total. The Bertz CT molecular complexity index is 331. The summed E-state index contributed by atoms with van der Waals surface area (Å²) >= 11 is 0. The van der Waals surface area contributed by atoms with Crippen LogP contribution in [0.1, 0.15) is 25.5 Å². The fourth-order valence-electron chi connectivity index (χ4n) is 1.33. The number of hydrogen-bond acceptors (Lipinski definition) is 3. The molecule has 0 aliphatic heterocycles. The maximum atomic E-state index is 13.1. The lowest BCUT2D eigenvalue weighted by atomic mass is 10.1. The summed E-state index contributed by atoms with van der Waals surface area (Å²) in [6.07, 6.45) is 0. The van der Waals surface area contributed by atoms with Gasteiger partial charge in [0.05, 0.1) is 0 Å². The number of rotatable bonds is 6. The Morgan fingerprint density at radius 2 is 2.19 bits per heavy atom. The van der Waals surface area contributed by atoms with E-state index in [-0.39, 0.29) is 18.7 Å². The highest BCUT2D eigenvalue weighted by atomic mass is 19.1. The molecule has 0 saturated heterocycles. The molecule has 1 rings (SSSR count). The maximum Gasteiger partial charge on any atom is 0.189 e. The molecule has 0 fully saturated rings. The van der Waals surface area contributed by atoms with Crippen LogP contribution in [-0.2, 0) is 4.74 Å². The van der Waals surface area contributed by atoms with E-state index in [0.717, 1.165) is 5.56 Å². The van der Waals surface area contributed by atoms with Gasteiger partial charge < -0.3 is 14.8 Å². The number of halogens is 1. The zero-order valence-corrected chi connectivity index (χ0v) is 9.92. The monoisotopic (exact) mass is 227 g/mol. The van der Waals surface area contributed by atoms with Crippen molar-refractivity contribution in [3.05, 3.63) is 29.6 Å². The molecule has 1 atom stereocenters. The van der Waals surface area contributed by atoms with Gasteiger partial charge in [0.15, 0.2) is 6.79 Å². The second-order valence-electron chi connectivity index (χ2n) is 3.45. The molecule has 90 valence electrons. The van der Waals surface area contributed by atoms with Crippen molar-refractivity contribution in [3.63, 3.8) is 0 Å². The molecule has 1 aromatic rings. The molecule has 4 heteroatoms. The van der Waals surface area contributed by atoms with Crippen LogP contribution in [0.15, 0.2) is 18.2 Å². The van der Waals surface area contributed by atoms with Gasteiger partial charge in [0.2, 0.25) is 0 Å². The molecule has 1 aromatic carbocycles. The maximum absolute atomic E-state index is 13.1. The van der Waals surface area contributed by atoms with Gasteiger partial charge in [-0.1, -0.05) is 0 Å². The number of benzene rings is 1. The SMILES string of the molecule is CCOCOc1ccc(F)cc1C(C)NC. The Hall–Kier alpha value is -1.13. The number of hydrogen-bond donors (Lipinski definition) is 1. The van der Waals surface area contributed by atoms with E-state index in [1.165, 1.54) is 12.1 Å². The van der Waals surface area contributed by atoms with Gasteiger partial charge >= 0.3 is 0 Å². The van der Waals surface area contributed by atoms with Crippen molar-refractivity contribution in [1.29, 1.82) is 0 Å². The minimum Gasteiger partial charge on any atom is -0.467 e. The third-order valence-corrected chi connectivity index (χ3v) is 2.37. The molecular formula is C12H18FNO2. The van der Waals surface area contributed by atoms with E-state index in [0.29, 0.717) is 12.4 Å². The lowest BCUT2D eigenvalue weighted by Gasteiger charge is -2.16.